The molecule has 2 aromatic carbocycles. The maximum Gasteiger partial charge on any atom is 0.329 e. The van der Waals surface area contributed by atoms with Gasteiger partial charge >= 0.3 is 11.7 Å². The van der Waals surface area contributed by atoms with E-state index in [0.29, 0.717) is 16.3 Å². The highest BCUT2D eigenvalue weighted by Gasteiger charge is 2.35. The highest BCUT2D eigenvalue weighted by atomic mass is 79.9. The molecule has 1 aliphatic rings. The number of para-hydroxylation sites is 2. The Hall–Kier alpha value is -3.93. The number of halogens is 1. The van der Waals surface area contributed by atoms with E-state index in [0.717, 1.165) is 6.07 Å². The first-order valence-corrected chi connectivity index (χ1v) is 9.45. The molecule has 1 saturated heterocycles. The minimum absolute atomic E-state index is 0.0402. The quantitative estimate of drug-likeness (QED) is 0.243. The lowest BCUT2D eigenvalue weighted by Gasteiger charge is -2.13. The van der Waals surface area contributed by atoms with Gasteiger partial charge in [-0.1, -0.05) is 12.1 Å². The van der Waals surface area contributed by atoms with Crippen LogP contribution in [0, 0.1) is 10.1 Å². The van der Waals surface area contributed by atoms with Crippen molar-refractivity contribution in [1.29, 1.82) is 0 Å². The van der Waals surface area contributed by atoms with Gasteiger partial charge in [0.1, 0.15) is 18.0 Å². The molecule has 11 nitrogen and oxygen atoms in total. The molecule has 0 radical (unpaired) electrons. The zero-order chi connectivity index (χ0) is 22.7. The van der Waals surface area contributed by atoms with E-state index in [-0.39, 0.29) is 15.7 Å². The minimum atomic E-state index is -0.821. The van der Waals surface area contributed by atoms with Gasteiger partial charge in [0.15, 0.2) is 0 Å². The number of amides is 4. The van der Waals surface area contributed by atoms with E-state index < -0.39 is 40.8 Å². The molecule has 1 aliphatic heterocycles. The first kappa shape index (κ1) is 21.8. The molecule has 1 fully saturated rings. The lowest BCUT2D eigenvalue weighted by Crippen LogP contribution is -2.38. The van der Waals surface area contributed by atoms with Crippen molar-refractivity contribution < 1.29 is 29.2 Å². The molecule has 0 aromatic heterocycles. The van der Waals surface area contributed by atoms with E-state index in [1.54, 1.807) is 24.3 Å². The molecule has 1 heterocycles. The highest BCUT2D eigenvalue weighted by molar-refractivity contribution is 9.10. The zero-order valence-corrected chi connectivity index (χ0v) is 17.5. The number of carbonyl (C=O) groups is 3. The molecule has 0 bridgehead atoms. The summed E-state index contributed by atoms with van der Waals surface area (Å²) in [4.78, 5) is 48.0. The van der Waals surface area contributed by atoms with Crippen LogP contribution in [0.5, 0.6) is 11.5 Å². The van der Waals surface area contributed by atoms with Gasteiger partial charge in [-0.15, -0.1) is 0 Å². The summed E-state index contributed by atoms with van der Waals surface area (Å²) >= 11 is 3.00. The molecule has 2 aromatic rings. The average molecular weight is 491 g/mol. The minimum Gasteiger partial charge on any atom is -0.501 e. The van der Waals surface area contributed by atoms with Crippen LogP contribution < -0.4 is 15.4 Å². The number of methoxy groups -OCH3 is 1. The van der Waals surface area contributed by atoms with Gasteiger partial charge < -0.3 is 20.5 Å². The molecule has 0 spiro atoms. The number of nitrogens with zero attached hydrogens (tertiary/aromatic N) is 2. The number of nitrogens with one attached hydrogen (secondary N) is 2. The van der Waals surface area contributed by atoms with Crippen LogP contribution in [-0.2, 0) is 9.59 Å². The number of hydrogen-bond donors (Lipinski definition) is 3. The number of phenols is 1. The van der Waals surface area contributed by atoms with Crippen LogP contribution in [0.25, 0.3) is 6.08 Å². The smallest absolute Gasteiger partial charge is 0.329 e. The van der Waals surface area contributed by atoms with Crippen molar-refractivity contribution >= 4 is 51.2 Å². The topological polar surface area (TPSA) is 151 Å². The summed E-state index contributed by atoms with van der Waals surface area (Å²) in [6.07, 6.45) is 1.20. The number of nitro groups is 1. The number of hydrogen-bond acceptors (Lipinski definition) is 7. The van der Waals surface area contributed by atoms with Crippen LogP contribution in [0.15, 0.2) is 46.6 Å². The van der Waals surface area contributed by atoms with Crippen LogP contribution in [0.4, 0.5) is 16.2 Å². The number of imide groups is 1. The second-order valence-electron chi connectivity index (χ2n) is 6.26. The van der Waals surface area contributed by atoms with E-state index in [4.69, 9.17) is 4.74 Å². The van der Waals surface area contributed by atoms with E-state index in [1.165, 1.54) is 19.3 Å². The first-order chi connectivity index (χ1) is 14.7. The average Bonchev–Trinajstić information content (AvgIpc) is 2.98. The number of anilines is 1. The third-order valence-corrected chi connectivity index (χ3v) is 4.82. The van der Waals surface area contributed by atoms with Crippen molar-refractivity contribution in [3.05, 3.63) is 62.2 Å². The van der Waals surface area contributed by atoms with Crippen molar-refractivity contribution in [2.45, 2.75) is 0 Å². The highest BCUT2D eigenvalue weighted by Crippen LogP contribution is 2.35. The van der Waals surface area contributed by atoms with Crippen molar-refractivity contribution in [3.63, 3.8) is 0 Å². The summed E-state index contributed by atoms with van der Waals surface area (Å²) < 4.78 is 5.17. The largest absolute Gasteiger partial charge is 0.501 e. The molecule has 0 unspecified atom stereocenters. The zero-order valence-electron chi connectivity index (χ0n) is 15.9. The number of aromatic hydroxyl groups is 1. The summed E-state index contributed by atoms with van der Waals surface area (Å²) in [5.74, 6) is -1.57. The molecule has 3 N–H and O–H groups in total. The Labute approximate surface area is 183 Å². The van der Waals surface area contributed by atoms with E-state index in [1.807, 2.05) is 0 Å². The van der Waals surface area contributed by atoms with E-state index in [2.05, 4.69) is 26.6 Å². The molecule has 0 atom stereocenters. The van der Waals surface area contributed by atoms with Crippen LogP contribution in [-0.4, -0.2) is 46.4 Å². The summed E-state index contributed by atoms with van der Waals surface area (Å²) in [5, 5.41) is 25.7. The van der Waals surface area contributed by atoms with Gasteiger partial charge in [-0.25, -0.2) is 9.69 Å². The molecule has 12 heteroatoms. The number of carbonyl (C=O) groups excluding carboxylic acids is 3. The number of phenolic OH excluding ortho intramolecular Hbond substituents is 1. The molecular weight excluding hydrogens is 476 g/mol. The first-order valence-electron chi connectivity index (χ1n) is 8.65. The van der Waals surface area contributed by atoms with Crippen LogP contribution in [0.3, 0.4) is 0 Å². The van der Waals surface area contributed by atoms with Gasteiger partial charge in [0, 0.05) is 6.07 Å². The van der Waals surface area contributed by atoms with Gasteiger partial charge in [0.2, 0.25) is 11.7 Å². The Kier molecular flexibility index (Phi) is 6.20. The Balaban J connectivity index is 1.78. The number of nitro benzene ring substituents is 1. The lowest BCUT2D eigenvalue weighted by molar-refractivity contribution is -0.386. The van der Waals surface area contributed by atoms with Gasteiger partial charge in [0.25, 0.3) is 5.91 Å². The van der Waals surface area contributed by atoms with Crippen LogP contribution in [0.2, 0.25) is 0 Å². The van der Waals surface area contributed by atoms with Crippen molar-refractivity contribution in [2.24, 2.45) is 0 Å². The van der Waals surface area contributed by atoms with Crippen molar-refractivity contribution in [3.8, 4) is 11.5 Å². The fourth-order valence-electron chi connectivity index (χ4n) is 2.79. The second-order valence-corrected chi connectivity index (χ2v) is 7.11. The maximum atomic E-state index is 12.6. The summed E-state index contributed by atoms with van der Waals surface area (Å²) in [6.45, 7) is -0.556. The Bertz CT molecular complexity index is 1130. The molecular formula is C19H15BrN4O7. The summed E-state index contributed by atoms with van der Waals surface area (Å²) in [5.41, 5.74) is -0.201. The van der Waals surface area contributed by atoms with Gasteiger partial charge in [0.05, 0.1) is 22.2 Å². The fourth-order valence-corrected chi connectivity index (χ4v) is 3.26. The van der Waals surface area contributed by atoms with Crippen molar-refractivity contribution in [2.75, 3.05) is 19.0 Å². The van der Waals surface area contributed by atoms with Crippen LogP contribution in [0.1, 0.15) is 5.56 Å². The van der Waals surface area contributed by atoms with Gasteiger partial charge in [-0.2, -0.15) is 0 Å². The number of rotatable bonds is 6. The third-order valence-electron chi connectivity index (χ3n) is 4.22. The molecule has 4 amide bonds. The van der Waals surface area contributed by atoms with Gasteiger partial charge in [-0.05, 0) is 45.8 Å². The second kappa shape index (κ2) is 8.83. The molecule has 31 heavy (non-hydrogen) atoms. The Morgan fingerprint density at radius 3 is 2.74 bits per heavy atom. The molecule has 0 saturated carbocycles. The summed E-state index contributed by atoms with van der Waals surface area (Å²) in [6, 6.07) is 8.20. The van der Waals surface area contributed by atoms with Crippen LogP contribution >= 0.6 is 15.9 Å². The predicted octanol–water partition coefficient (Wildman–Crippen LogP) is 2.60. The van der Waals surface area contributed by atoms with Crippen molar-refractivity contribution in [1.82, 2.24) is 10.2 Å². The molecule has 3 rings (SSSR count). The maximum absolute atomic E-state index is 12.6. The SMILES string of the molecule is COc1ccccc1NC(=O)CN1C(=O)N/C(=C/c2cc(Br)c(O)c([N+](=O)[O-])c2)C1=O. The van der Waals surface area contributed by atoms with E-state index in [9.17, 15) is 29.6 Å². The van der Waals surface area contributed by atoms with Gasteiger partial charge in [-0.3, -0.25) is 19.7 Å². The Morgan fingerprint density at radius 2 is 2.06 bits per heavy atom. The number of ether oxygens (including phenoxy) is 1. The number of benzene rings is 2. The normalized spacial score (nSPS) is 14.5. The summed E-state index contributed by atoms with van der Waals surface area (Å²) in [7, 11) is 1.44. The number of urea groups is 1. The Morgan fingerprint density at radius 1 is 1.35 bits per heavy atom. The lowest BCUT2D eigenvalue weighted by atomic mass is 10.1. The fraction of sp³-hybridized carbons (Fsp3) is 0.105. The molecule has 160 valence electrons. The van der Waals surface area contributed by atoms with E-state index >= 15 is 0 Å². The standard InChI is InChI=1S/C19H15BrN4O7/c1-31-15-5-3-2-4-12(15)21-16(25)9-23-18(27)13(22-19(23)28)7-10-6-11(20)17(26)14(8-10)24(29)30/h2-8,26H,9H2,1H3,(H,21,25)(H,22,28)/b13-7+. The molecule has 0 aliphatic carbocycles. The predicted molar refractivity (Wildman–Crippen MR) is 112 cm³/mol. The monoisotopic (exact) mass is 490 g/mol. The third kappa shape index (κ3) is 4.64.